The number of fused-ring (bicyclic) bond motifs is 1. The summed E-state index contributed by atoms with van der Waals surface area (Å²) < 4.78 is 17.1. The maximum Gasteiger partial charge on any atom is 0.258 e. The zero-order chi connectivity index (χ0) is 26.6. The molecule has 5 rings (SSSR count). The van der Waals surface area contributed by atoms with Crippen molar-refractivity contribution in [2.75, 3.05) is 52.5 Å². The van der Waals surface area contributed by atoms with Gasteiger partial charge in [-0.2, -0.15) is 0 Å². The number of carbonyl (C=O) groups excluding carboxylic acids is 1. The summed E-state index contributed by atoms with van der Waals surface area (Å²) in [7, 11) is 5.02. The number of nitrogens with zero attached hydrogens (tertiary/aromatic N) is 3. The molecule has 0 saturated carbocycles. The molecule has 1 amide bonds. The number of benzene rings is 3. The standard InChI is InChI=1S/C31H33N3O4/c1-21-9-5-7-11-24(21)26-19-29(34-13-15-38-16-14-34)32-20-27(26)30(35)33(2)31(37-4)23-17-22-10-6-8-12-25(22)28(18-23)36-3/h5-12,17-20,31H,13-16H2,1-4H3. The predicted molar refractivity (Wildman–Crippen MR) is 150 cm³/mol. The van der Waals surface area contributed by atoms with E-state index < -0.39 is 6.23 Å². The van der Waals surface area contributed by atoms with Gasteiger partial charge >= 0.3 is 0 Å². The molecule has 1 aliphatic heterocycles. The number of aryl methyl sites for hydroxylation is 1. The van der Waals surface area contributed by atoms with Crippen molar-refractivity contribution in [3.8, 4) is 16.9 Å². The third-order valence-corrected chi connectivity index (χ3v) is 7.14. The van der Waals surface area contributed by atoms with Crippen molar-refractivity contribution < 1.29 is 19.0 Å². The Morgan fingerprint density at radius 3 is 2.47 bits per heavy atom. The lowest BCUT2D eigenvalue weighted by Gasteiger charge is -2.30. The van der Waals surface area contributed by atoms with Crippen molar-refractivity contribution in [1.82, 2.24) is 9.88 Å². The van der Waals surface area contributed by atoms with E-state index in [4.69, 9.17) is 19.2 Å². The van der Waals surface area contributed by atoms with E-state index in [-0.39, 0.29) is 5.91 Å². The smallest absolute Gasteiger partial charge is 0.258 e. The molecule has 3 aromatic carbocycles. The number of rotatable bonds is 7. The first kappa shape index (κ1) is 25.7. The third-order valence-electron chi connectivity index (χ3n) is 7.14. The summed E-state index contributed by atoms with van der Waals surface area (Å²) in [6.45, 7) is 4.92. The van der Waals surface area contributed by atoms with E-state index in [1.165, 1.54) is 0 Å². The molecule has 0 radical (unpaired) electrons. The van der Waals surface area contributed by atoms with Crippen LogP contribution in [-0.4, -0.2) is 63.4 Å². The molecule has 1 saturated heterocycles. The van der Waals surface area contributed by atoms with Gasteiger partial charge in [-0.1, -0.05) is 48.5 Å². The molecule has 0 spiro atoms. The molecule has 38 heavy (non-hydrogen) atoms. The second-order valence-corrected chi connectivity index (χ2v) is 9.45. The quantitative estimate of drug-likeness (QED) is 0.307. The van der Waals surface area contributed by atoms with E-state index in [0.29, 0.717) is 18.8 Å². The van der Waals surface area contributed by atoms with Crippen LogP contribution in [0.4, 0.5) is 5.82 Å². The number of anilines is 1. The Morgan fingerprint density at radius 2 is 1.74 bits per heavy atom. The van der Waals surface area contributed by atoms with Gasteiger partial charge in [-0.05, 0) is 47.2 Å². The van der Waals surface area contributed by atoms with Gasteiger partial charge < -0.3 is 24.0 Å². The molecule has 0 bridgehead atoms. The van der Waals surface area contributed by atoms with Crippen LogP contribution in [0.15, 0.2) is 72.9 Å². The summed E-state index contributed by atoms with van der Waals surface area (Å²) in [6, 6.07) is 22.1. The maximum absolute atomic E-state index is 14.1. The van der Waals surface area contributed by atoms with Gasteiger partial charge in [0.15, 0.2) is 6.23 Å². The minimum atomic E-state index is -0.621. The summed E-state index contributed by atoms with van der Waals surface area (Å²) in [5, 5.41) is 2.02. The van der Waals surface area contributed by atoms with Gasteiger partial charge in [0, 0.05) is 44.4 Å². The molecule has 4 aromatic rings. The molecular weight excluding hydrogens is 478 g/mol. The summed E-state index contributed by atoms with van der Waals surface area (Å²) in [6.07, 6.45) is 1.07. The van der Waals surface area contributed by atoms with Crippen LogP contribution in [0.25, 0.3) is 21.9 Å². The number of hydrogen-bond acceptors (Lipinski definition) is 6. The van der Waals surface area contributed by atoms with Crippen LogP contribution in [-0.2, 0) is 9.47 Å². The van der Waals surface area contributed by atoms with Crippen LogP contribution in [0.2, 0.25) is 0 Å². The highest BCUT2D eigenvalue weighted by Crippen LogP contribution is 2.35. The maximum atomic E-state index is 14.1. The van der Waals surface area contributed by atoms with Gasteiger partial charge in [-0.3, -0.25) is 4.79 Å². The van der Waals surface area contributed by atoms with Gasteiger partial charge in [0.1, 0.15) is 11.6 Å². The van der Waals surface area contributed by atoms with Crippen molar-refractivity contribution in [1.29, 1.82) is 0 Å². The van der Waals surface area contributed by atoms with Crippen molar-refractivity contribution in [2.24, 2.45) is 0 Å². The van der Waals surface area contributed by atoms with Gasteiger partial charge in [0.25, 0.3) is 5.91 Å². The van der Waals surface area contributed by atoms with Crippen LogP contribution >= 0.6 is 0 Å². The van der Waals surface area contributed by atoms with Gasteiger partial charge in [-0.15, -0.1) is 0 Å². The van der Waals surface area contributed by atoms with Crippen LogP contribution in [0, 0.1) is 6.92 Å². The number of amides is 1. The highest BCUT2D eigenvalue weighted by atomic mass is 16.5. The molecule has 7 nitrogen and oxygen atoms in total. The predicted octanol–water partition coefficient (Wildman–Crippen LogP) is 5.47. The Hall–Kier alpha value is -3.94. The molecule has 1 aliphatic rings. The lowest BCUT2D eigenvalue weighted by Crippen LogP contribution is -2.37. The summed E-state index contributed by atoms with van der Waals surface area (Å²) in [5.74, 6) is 1.40. The second-order valence-electron chi connectivity index (χ2n) is 9.45. The highest BCUT2D eigenvalue weighted by Gasteiger charge is 2.27. The summed E-state index contributed by atoms with van der Waals surface area (Å²) in [5.41, 5.74) is 4.29. The Labute approximate surface area is 223 Å². The molecule has 1 aromatic heterocycles. The number of carbonyl (C=O) groups is 1. The summed E-state index contributed by atoms with van der Waals surface area (Å²) >= 11 is 0. The van der Waals surface area contributed by atoms with Crippen LogP contribution in [0.1, 0.15) is 27.7 Å². The van der Waals surface area contributed by atoms with E-state index >= 15 is 0 Å². The zero-order valence-electron chi connectivity index (χ0n) is 22.3. The molecule has 2 heterocycles. The van der Waals surface area contributed by atoms with Crippen molar-refractivity contribution in [2.45, 2.75) is 13.2 Å². The number of pyridine rings is 1. The Morgan fingerprint density at radius 1 is 1.00 bits per heavy atom. The molecular formula is C31H33N3O4. The van der Waals surface area contributed by atoms with Gasteiger partial charge in [0.05, 0.1) is 25.9 Å². The van der Waals surface area contributed by atoms with E-state index in [2.05, 4.69) is 17.9 Å². The molecule has 0 aliphatic carbocycles. The number of morpholine rings is 1. The average Bonchev–Trinajstić information content (AvgIpc) is 2.97. The molecule has 196 valence electrons. The van der Waals surface area contributed by atoms with E-state index in [9.17, 15) is 4.79 Å². The van der Waals surface area contributed by atoms with Crippen LogP contribution in [0.3, 0.4) is 0 Å². The first-order chi connectivity index (χ1) is 18.5. The summed E-state index contributed by atoms with van der Waals surface area (Å²) in [4.78, 5) is 22.6. The number of methoxy groups -OCH3 is 2. The molecule has 0 N–H and O–H groups in total. The minimum Gasteiger partial charge on any atom is -0.496 e. The fraction of sp³-hybridized carbons (Fsp3) is 0.290. The number of hydrogen-bond donors (Lipinski definition) is 0. The van der Waals surface area contributed by atoms with Gasteiger partial charge in [0.2, 0.25) is 0 Å². The number of ether oxygens (including phenoxy) is 3. The topological polar surface area (TPSA) is 64.1 Å². The SMILES string of the molecule is COc1cc(C(OC)N(C)C(=O)c2cnc(N3CCOCC3)cc2-c2ccccc2C)cc2ccccc12. The van der Waals surface area contributed by atoms with Crippen LogP contribution < -0.4 is 9.64 Å². The third kappa shape index (κ3) is 4.95. The Bertz CT molecular complexity index is 1450. The molecule has 1 fully saturated rings. The molecule has 1 atom stereocenters. The van der Waals surface area contributed by atoms with Crippen molar-refractivity contribution in [3.05, 3.63) is 89.6 Å². The molecule has 1 unspecified atom stereocenters. The van der Waals surface area contributed by atoms with E-state index in [1.807, 2.05) is 60.7 Å². The highest BCUT2D eigenvalue weighted by molar-refractivity contribution is 6.01. The van der Waals surface area contributed by atoms with E-state index in [1.54, 1.807) is 32.4 Å². The Balaban J connectivity index is 1.55. The lowest BCUT2D eigenvalue weighted by molar-refractivity contribution is -0.0110. The first-order valence-electron chi connectivity index (χ1n) is 12.8. The second kappa shape index (κ2) is 11.2. The van der Waals surface area contributed by atoms with Crippen LogP contribution in [0.5, 0.6) is 5.75 Å². The largest absolute Gasteiger partial charge is 0.496 e. The Kier molecular flexibility index (Phi) is 7.58. The molecule has 7 heteroatoms. The average molecular weight is 512 g/mol. The lowest BCUT2D eigenvalue weighted by atomic mass is 9.96. The minimum absolute atomic E-state index is 0.178. The fourth-order valence-corrected chi connectivity index (χ4v) is 5.10. The van der Waals surface area contributed by atoms with E-state index in [0.717, 1.165) is 57.7 Å². The normalized spacial score (nSPS) is 14.4. The van der Waals surface area contributed by atoms with Gasteiger partial charge in [-0.25, -0.2) is 4.98 Å². The van der Waals surface area contributed by atoms with Crippen molar-refractivity contribution in [3.63, 3.8) is 0 Å². The first-order valence-corrected chi connectivity index (χ1v) is 12.8. The zero-order valence-corrected chi connectivity index (χ0v) is 22.3. The van der Waals surface area contributed by atoms with Crippen molar-refractivity contribution >= 4 is 22.5 Å². The fourth-order valence-electron chi connectivity index (χ4n) is 5.10. The number of aromatic nitrogens is 1. The monoisotopic (exact) mass is 511 g/mol.